The lowest BCUT2D eigenvalue weighted by molar-refractivity contribution is -0.459. The van der Waals surface area contributed by atoms with Crippen LogP contribution in [0.1, 0.15) is 104 Å². The molecule has 224 valence electrons. The molecule has 0 heterocycles. The summed E-state index contributed by atoms with van der Waals surface area (Å²) in [5.74, 6) is 0. The van der Waals surface area contributed by atoms with Crippen molar-refractivity contribution < 1.29 is 51.4 Å². The van der Waals surface area contributed by atoms with E-state index in [2.05, 4.69) is 58.3 Å². The highest BCUT2D eigenvalue weighted by Crippen LogP contribution is 1.95. The molecule has 0 bridgehead atoms. The molecule has 0 radical (unpaired) electrons. The van der Waals surface area contributed by atoms with E-state index in [1.54, 1.807) is 20.8 Å². The highest BCUT2D eigenvalue weighted by atomic mass is 16.6. The number of carbonyl (C=O) groups excluding carboxylic acids is 3. The van der Waals surface area contributed by atoms with Gasteiger partial charge in [0.05, 0.1) is 11.1 Å². The van der Waals surface area contributed by atoms with Gasteiger partial charge in [0.2, 0.25) is 6.16 Å². The van der Waals surface area contributed by atoms with Crippen LogP contribution in [-0.2, 0) is 9.59 Å². The minimum Gasteiger partial charge on any atom is -0.565 e. The Labute approximate surface area is 218 Å². The molecule has 0 aliphatic rings. The number of nitrogens with one attached hydrogen (secondary N) is 1. The molecular formula is C23H59N5O8. The second kappa shape index (κ2) is 25.8. The Morgan fingerprint density at radius 3 is 0.778 bits per heavy atom. The van der Waals surface area contributed by atoms with Gasteiger partial charge in [0, 0.05) is 16.6 Å². The monoisotopic (exact) mass is 533 g/mol. The van der Waals surface area contributed by atoms with E-state index in [1.807, 2.05) is 41.5 Å². The van der Waals surface area contributed by atoms with Crippen molar-refractivity contribution in [1.29, 1.82) is 0 Å². The summed E-state index contributed by atoms with van der Waals surface area (Å²) in [6.45, 7) is 29.5. The van der Waals surface area contributed by atoms with Gasteiger partial charge in [0.15, 0.2) is 0 Å². The van der Waals surface area contributed by atoms with Gasteiger partial charge in [0.1, 0.15) is 6.09 Å². The van der Waals surface area contributed by atoms with E-state index in [0.29, 0.717) is 0 Å². The van der Waals surface area contributed by atoms with Crippen molar-refractivity contribution in [2.75, 3.05) is 0 Å². The van der Waals surface area contributed by atoms with E-state index in [9.17, 15) is 9.90 Å². The Kier molecular flexibility index (Phi) is 39.1. The third-order valence-electron chi connectivity index (χ3n) is 0.477. The van der Waals surface area contributed by atoms with Gasteiger partial charge in [-0.1, -0.05) is 0 Å². The number of rotatable bonds is 0. The maximum atomic E-state index is 9.79. The molecule has 13 heteroatoms. The number of carbonyl (C=O) groups is 2. The number of quaternary nitrogens is 2. The van der Waals surface area contributed by atoms with E-state index in [-0.39, 0.29) is 33.8 Å². The summed E-state index contributed by atoms with van der Waals surface area (Å²) in [6, 6.07) is 0. The summed E-state index contributed by atoms with van der Waals surface area (Å²) in [4.78, 5) is 34.5. The van der Waals surface area contributed by atoms with Gasteiger partial charge in [-0.25, -0.2) is 0 Å². The average Bonchev–Trinajstić information content (AvgIpc) is 2.25. The van der Waals surface area contributed by atoms with Gasteiger partial charge in [-0.15, -0.1) is 0 Å². The largest absolute Gasteiger partial charge is 0.565 e. The second-order valence-corrected chi connectivity index (χ2v) is 12.9. The van der Waals surface area contributed by atoms with Crippen molar-refractivity contribution in [3.8, 4) is 0 Å². The molecule has 0 atom stereocenters. The number of amides is 1. The molecule has 1 amide bonds. The molecule has 13 nitrogen and oxygen atoms in total. The molecule has 0 unspecified atom stereocenters. The molecule has 0 fully saturated rings. The molecule has 0 saturated heterocycles. The fourth-order valence-corrected chi connectivity index (χ4v) is 0.306. The van der Waals surface area contributed by atoms with Crippen LogP contribution < -0.4 is 38.5 Å². The normalized spacial score (nSPS) is 9.97. The van der Waals surface area contributed by atoms with Gasteiger partial charge in [-0.2, -0.15) is 9.59 Å². The minimum absolute atomic E-state index is 0. The van der Waals surface area contributed by atoms with E-state index in [1.165, 1.54) is 0 Å². The number of hydrogen-bond acceptors (Lipinski definition) is 8. The second-order valence-electron chi connectivity index (χ2n) is 12.9. The maximum Gasteiger partial charge on any atom is 0.373 e. The van der Waals surface area contributed by atoms with Crippen molar-refractivity contribution in [3.05, 3.63) is 0 Å². The molecule has 0 aromatic rings. The lowest BCUT2D eigenvalue weighted by atomic mass is 10.1. The van der Waals surface area contributed by atoms with E-state index < -0.39 is 17.8 Å². The first-order valence-corrected chi connectivity index (χ1v) is 10.7. The molecule has 0 aliphatic carbocycles. The van der Waals surface area contributed by atoms with Crippen LogP contribution in [0.3, 0.4) is 0 Å². The Bertz CT molecular complexity index is 455. The predicted octanol–water partition coefficient (Wildman–Crippen LogP) is -1.26. The van der Waals surface area contributed by atoms with Crippen LogP contribution >= 0.6 is 0 Å². The predicted molar refractivity (Wildman–Crippen MR) is 138 cm³/mol. The van der Waals surface area contributed by atoms with Gasteiger partial charge in [-0.05, 0) is 104 Å². The first-order valence-electron chi connectivity index (χ1n) is 10.7. The van der Waals surface area contributed by atoms with Crippen molar-refractivity contribution in [2.45, 2.75) is 132 Å². The molecule has 0 rings (SSSR count). The lowest BCUT2D eigenvalue weighted by Crippen LogP contribution is -2.67. The zero-order chi connectivity index (χ0) is 31.1. The van der Waals surface area contributed by atoms with Crippen LogP contribution in [0.15, 0.2) is 0 Å². The zero-order valence-corrected chi connectivity index (χ0v) is 25.5. The Morgan fingerprint density at radius 2 is 0.778 bits per heavy atom. The van der Waals surface area contributed by atoms with E-state index in [4.69, 9.17) is 36.1 Å². The summed E-state index contributed by atoms with van der Waals surface area (Å²) in [7, 11) is 0. The molecule has 0 spiro atoms. The summed E-state index contributed by atoms with van der Waals surface area (Å²) in [5, 5.41) is 27.3. The SMILES string of the molecule is CC(C)(C)N.CC(C)(C)N.CC(C)(C)NC(=O)[O-].CC(C)(C)[NH3+].CC(C)(C)[NH3+].O.O=C([O-])O.O=C=O. The molecule has 0 aromatic carbocycles. The van der Waals surface area contributed by atoms with Crippen molar-refractivity contribution >= 4 is 18.4 Å². The van der Waals surface area contributed by atoms with E-state index >= 15 is 0 Å². The summed E-state index contributed by atoms with van der Waals surface area (Å²) in [6.07, 6.45) is -3.06. The Morgan fingerprint density at radius 1 is 0.694 bits per heavy atom. The van der Waals surface area contributed by atoms with E-state index in [0.717, 1.165) is 0 Å². The Balaban J connectivity index is -0.0000000430. The molecule has 0 aliphatic heterocycles. The van der Waals surface area contributed by atoms with Gasteiger partial charge >= 0.3 is 6.15 Å². The smallest absolute Gasteiger partial charge is 0.373 e. The van der Waals surface area contributed by atoms with Crippen LogP contribution in [0.5, 0.6) is 0 Å². The minimum atomic E-state index is -2.08. The molecule has 14 N–H and O–H groups in total. The fraction of sp³-hybridized carbons (Fsp3) is 0.870. The molecule has 0 saturated carbocycles. The van der Waals surface area contributed by atoms with Crippen molar-refractivity contribution in [3.63, 3.8) is 0 Å². The maximum absolute atomic E-state index is 9.79. The summed E-state index contributed by atoms with van der Waals surface area (Å²) < 4.78 is 0. The van der Waals surface area contributed by atoms with Crippen LogP contribution in [0, 0.1) is 0 Å². The zero-order valence-electron chi connectivity index (χ0n) is 25.5. The first-order chi connectivity index (χ1) is 14.6. The summed E-state index contributed by atoms with van der Waals surface area (Å²) in [5.41, 5.74) is 18.4. The summed E-state index contributed by atoms with van der Waals surface area (Å²) >= 11 is 0. The fourth-order valence-electron chi connectivity index (χ4n) is 0.306. The van der Waals surface area contributed by atoms with Crippen LogP contribution in [-0.4, -0.2) is 56.7 Å². The third-order valence-corrected chi connectivity index (χ3v) is 0.477. The van der Waals surface area contributed by atoms with Gasteiger partial charge < -0.3 is 58.6 Å². The average molecular weight is 534 g/mol. The van der Waals surface area contributed by atoms with Crippen LogP contribution in [0.2, 0.25) is 0 Å². The van der Waals surface area contributed by atoms with Gasteiger partial charge in [0.25, 0.3) is 0 Å². The number of nitrogens with two attached hydrogens (primary N) is 2. The standard InChI is InChI=1S/C5H11NO2.4C4H11N.CH2O3.CO2.H2O/c1-5(2,3)6-4(7)8;4*1-4(2,3)5;2-1(3)4;2-1-3;/h6H,1-3H3,(H,7,8);4*5H2,1-3H3;(H2,2,3,4);;1H2. The molecule has 0 aromatic heterocycles. The number of hydrogen-bond donors (Lipinski definition) is 6. The van der Waals surface area contributed by atoms with Crippen LogP contribution in [0.25, 0.3) is 0 Å². The highest BCUT2D eigenvalue weighted by Gasteiger charge is 2.06. The first kappa shape index (κ1) is 54.6. The molecule has 36 heavy (non-hydrogen) atoms. The molecular weight excluding hydrogens is 474 g/mol. The Hall–Kier alpha value is -2.28. The third kappa shape index (κ3) is 4050. The van der Waals surface area contributed by atoms with Crippen LogP contribution in [0.4, 0.5) is 9.59 Å². The number of carboxylic acid groups (broad SMARTS) is 3. The quantitative estimate of drug-likeness (QED) is 0.216. The van der Waals surface area contributed by atoms with Crippen molar-refractivity contribution in [1.82, 2.24) is 5.32 Å². The highest BCUT2D eigenvalue weighted by molar-refractivity contribution is 5.62. The van der Waals surface area contributed by atoms with Crippen molar-refractivity contribution in [2.24, 2.45) is 11.5 Å². The topological polar surface area (TPSA) is 285 Å². The lowest BCUT2D eigenvalue weighted by Gasteiger charge is -2.21. The van der Waals surface area contributed by atoms with Gasteiger partial charge in [-0.3, -0.25) is 0 Å².